The Morgan fingerprint density at radius 2 is 1.90 bits per heavy atom. The molecule has 0 atom stereocenters. The van der Waals surface area contributed by atoms with Gasteiger partial charge in [-0.15, -0.1) is 0 Å². The van der Waals surface area contributed by atoms with E-state index in [4.69, 9.17) is 0 Å². The summed E-state index contributed by atoms with van der Waals surface area (Å²) in [7, 11) is 2.14. The lowest BCUT2D eigenvalue weighted by molar-refractivity contribution is 1.04. The summed E-state index contributed by atoms with van der Waals surface area (Å²) >= 11 is 0. The van der Waals surface area contributed by atoms with Crippen molar-refractivity contribution in [3.63, 3.8) is 0 Å². The van der Waals surface area contributed by atoms with Crippen LogP contribution < -0.4 is 4.90 Å². The summed E-state index contributed by atoms with van der Waals surface area (Å²) in [6.07, 6.45) is 5.27. The molecule has 1 aromatic rings. The van der Waals surface area contributed by atoms with Crippen LogP contribution >= 0.6 is 0 Å². The van der Waals surface area contributed by atoms with Crippen molar-refractivity contribution < 1.29 is 0 Å². The topological polar surface area (TPSA) is 3.24 Å². The highest BCUT2D eigenvalue weighted by Crippen LogP contribution is 2.30. The normalized spacial score (nSPS) is 10.7. The molecule has 0 saturated carbocycles. The first-order valence-corrected chi connectivity index (χ1v) is 7.25. The monoisotopic (exact) mass is 269 g/mol. The standard InChI is InChI=1S/C19H27N/c1-8-11-18(15(5)6)20(7)19-13-10-12-17(14(3)4)16(19)9-2/h8,10-13H,3,9H2,1-2,4-7H3/b11-8-. The van der Waals surface area contributed by atoms with E-state index in [-0.39, 0.29) is 0 Å². The van der Waals surface area contributed by atoms with Crippen molar-refractivity contribution in [1.29, 1.82) is 0 Å². The molecule has 0 fully saturated rings. The molecule has 0 bridgehead atoms. The smallest absolute Gasteiger partial charge is 0.0446 e. The number of anilines is 1. The fourth-order valence-corrected chi connectivity index (χ4v) is 2.56. The zero-order chi connectivity index (χ0) is 15.3. The van der Waals surface area contributed by atoms with Crippen LogP contribution in [0.15, 0.2) is 48.2 Å². The van der Waals surface area contributed by atoms with Crippen LogP contribution in [0, 0.1) is 0 Å². The van der Waals surface area contributed by atoms with Crippen molar-refractivity contribution in [2.75, 3.05) is 11.9 Å². The molecule has 0 aliphatic rings. The molecule has 0 saturated heterocycles. The van der Waals surface area contributed by atoms with E-state index in [0.717, 1.165) is 12.0 Å². The number of benzene rings is 1. The third-order valence-electron chi connectivity index (χ3n) is 3.52. The number of hydrogen-bond donors (Lipinski definition) is 0. The summed E-state index contributed by atoms with van der Waals surface area (Å²) in [5.41, 5.74) is 7.59. The minimum atomic E-state index is 1.01. The van der Waals surface area contributed by atoms with Crippen LogP contribution in [0.2, 0.25) is 0 Å². The molecule has 0 spiro atoms. The molecule has 0 unspecified atom stereocenters. The highest BCUT2D eigenvalue weighted by molar-refractivity contribution is 5.73. The lowest BCUT2D eigenvalue weighted by Crippen LogP contribution is -2.18. The molecule has 0 aromatic heterocycles. The average Bonchev–Trinajstić information content (AvgIpc) is 2.42. The lowest BCUT2D eigenvalue weighted by atomic mass is 9.97. The molecule has 0 aliphatic carbocycles. The van der Waals surface area contributed by atoms with Gasteiger partial charge < -0.3 is 4.90 Å². The van der Waals surface area contributed by atoms with Crippen LogP contribution in [0.4, 0.5) is 5.69 Å². The maximum atomic E-state index is 4.11. The van der Waals surface area contributed by atoms with Crippen molar-refractivity contribution >= 4 is 11.3 Å². The van der Waals surface area contributed by atoms with E-state index >= 15 is 0 Å². The molecule has 0 radical (unpaired) electrons. The largest absolute Gasteiger partial charge is 0.344 e. The molecule has 1 nitrogen and oxygen atoms in total. The number of allylic oxidation sites excluding steroid dienone is 4. The second-order valence-corrected chi connectivity index (χ2v) is 5.38. The number of hydrogen-bond acceptors (Lipinski definition) is 1. The molecule has 0 heterocycles. The average molecular weight is 269 g/mol. The van der Waals surface area contributed by atoms with E-state index in [0.29, 0.717) is 0 Å². The van der Waals surface area contributed by atoms with Gasteiger partial charge in [0.2, 0.25) is 0 Å². The van der Waals surface area contributed by atoms with Gasteiger partial charge in [-0.3, -0.25) is 0 Å². The van der Waals surface area contributed by atoms with Gasteiger partial charge in [0.15, 0.2) is 0 Å². The van der Waals surface area contributed by atoms with Crippen LogP contribution in [0.25, 0.3) is 5.57 Å². The summed E-state index contributed by atoms with van der Waals surface area (Å²) in [5, 5.41) is 0. The molecule has 108 valence electrons. The first-order chi connectivity index (χ1) is 9.43. The van der Waals surface area contributed by atoms with E-state index in [1.807, 2.05) is 0 Å². The van der Waals surface area contributed by atoms with Crippen LogP contribution in [0.5, 0.6) is 0 Å². The second-order valence-electron chi connectivity index (χ2n) is 5.38. The maximum absolute atomic E-state index is 4.11. The molecule has 0 aliphatic heterocycles. The Morgan fingerprint density at radius 1 is 1.25 bits per heavy atom. The number of likely N-dealkylation sites (N-methyl/N-ethyl adjacent to an activating group) is 1. The highest BCUT2D eigenvalue weighted by Gasteiger charge is 2.13. The minimum absolute atomic E-state index is 1.01. The van der Waals surface area contributed by atoms with Crippen LogP contribution in [-0.2, 0) is 6.42 Å². The van der Waals surface area contributed by atoms with Crippen molar-refractivity contribution in [3.05, 3.63) is 59.3 Å². The van der Waals surface area contributed by atoms with Gasteiger partial charge in [0.05, 0.1) is 0 Å². The Bertz CT molecular complexity index is 543. The quantitative estimate of drug-likeness (QED) is 0.630. The number of nitrogens with zero attached hydrogens (tertiary/aromatic N) is 1. The molecule has 0 N–H and O–H groups in total. The zero-order valence-electron chi connectivity index (χ0n) is 13.7. The Balaban J connectivity index is 3.43. The van der Waals surface area contributed by atoms with Gasteiger partial charge in [0, 0.05) is 18.4 Å². The van der Waals surface area contributed by atoms with Crippen molar-refractivity contribution in [3.8, 4) is 0 Å². The Hall–Kier alpha value is -1.76. The predicted molar refractivity (Wildman–Crippen MR) is 92.1 cm³/mol. The molecular weight excluding hydrogens is 242 g/mol. The summed E-state index contributed by atoms with van der Waals surface area (Å²) in [5.74, 6) is 0. The number of rotatable bonds is 5. The summed E-state index contributed by atoms with van der Waals surface area (Å²) in [6, 6.07) is 6.47. The zero-order valence-corrected chi connectivity index (χ0v) is 13.7. The van der Waals surface area contributed by atoms with Gasteiger partial charge in [-0.1, -0.05) is 42.9 Å². The van der Waals surface area contributed by atoms with Crippen molar-refractivity contribution in [2.24, 2.45) is 0 Å². The molecule has 1 aromatic carbocycles. The first-order valence-electron chi connectivity index (χ1n) is 7.25. The fraction of sp³-hybridized carbons (Fsp3) is 0.368. The lowest BCUT2D eigenvalue weighted by Gasteiger charge is -2.26. The van der Waals surface area contributed by atoms with Gasteiger partial charge >= 0.3 is 0 Å². The van der Waals surface area contributed by atoms with Crippen molar-refractivity contribution in [1.82, 2.24) is 0 Å². The third kappa shape index (κ3) is 3.41. The molecule has 20 heavy (non-hydrogen) atoms. The summed E-state index contributed by atoms with van der Waals surface area (Å²) < 4.78 is 0. The first kappa shape index (κ1) is 16.3. The van der Waals surface area contributed by atoms with Gasteiger partial charge in [0.25, 0.3) is 0 Å². The molecule has 1 rings (SSSR count). The van der Waals surface area contributed by atoms with Gasteiger partial charge in [-0.05, 0) is 57.4 Å². The van der Waals surface area contributed by atoms with Gasteiger partial charge in [-0.25, -0.2) is 0 Å². The van der Waals surface area contributed by atoms with Gasteiger partial charge in [0.1, 0.15) is 0 Å². The fourth-order valence-electron chi connectivity index (χ4n) is 2.56. The van der Waals surface area contributed by atoms with E-state index in [9.17, 15) is 0 Å². The summed E-state index contributed by atoms with van der Waals surface area (Å²) in [6.45, 7) is 14.7. The highest BCUT2D eigenvalue weighted by atomic mass is 15.1. The Kier molecular flexibility index (Phi) is 5.82. The van der Waals surface area contributed by atoms with E-state index in [1.165, 1.54) is 28.1 Å². The van der Waals surface area contributed by atoms with Crippen LogP contribution in [0.3, 0.4) is 0 Å². The van der Waals surface area contributed by atoms with E-state index in [1.54, 1.807) is 0 Å². The Morgan fingerprint density at radius 3 is 2.35 bits per heavy atom. The molecule has 1 heteroatoms. The van der Waals surface area contributed by atoms with Crippen LogP contribution in [-0.4, -0.2) is 7.05 Å². The Labute approximate surface area is 124 Å². The van der Waals surface area contributed by atoms with E-state index < -0.39 is 0 Å². The second kappa shape index (κ2) is 7.14. The predicted octanol–water partition coefficient (Wildman–Crippen LogP) is 5.59. The maximum Gasteiger partial charge on any atom is 0.0446 e. The van der Waals surface area contributed by atoms with Crippen LogP contribution in [0.1, 0.15) is 45.7 Å². The SMILES string of the molecule is C=C(C)c1cccc(N(C)C(/C=C\C)=C(C)C)c1CC. The minimum Gasteiger partial charge on any atom is -0.344 e. The third-order valence-corrected chi connectivity index (χ3v) is 3.52. The summed E-state index contributed by atoms with van der Waals surface area (Å²) in [4.78, 5) is 2.28. The van der Waals surface area contributed by atoms with Gasteiger partial charge in [-0.2, -0.15) is 0 Å². The van der Waals surface area contributed by atoms with E-state index in [2.05, 4.69) is 83.5 Å². The molecular formula is C19H27N. The molecule has 0 amide bonds. The van der Waals surface area contributed by atoms with Crippen molar-refractivity contribution in [2.45, 2.75) is 41.0 Å².